The number of hydrogen-bond donors (Lipinski definition) is 0. The Morgan fingerprint density at radius 3 is 2.65 bits per heavy atom. The van der Waals surface area contributed by atoms with Crippen molar-refractivity contribution in [2.45, 2.75) is 58.4 Å². The minimum Gasteiger partial charge on any atom is -0.444 e. The van der Waals surface area contributed by atoms with Gasteiger partial charge in [0, 0.05) is 12.7 Å². The lowest BCUT2D eigenvalue weighted by Gasteiger charge is -2.37. The fourth-order valence-electron chi connectivity index (χ4n) is 2.72. The first-order valence-corrected chi connectivity index (χ1v) is 8.54. The summed E-state index contributed by atoms with van der Waals surface area (Å²) in [6, 6.07) is 1.15. The van der Waals surface area contributed by atoms with E-state index in [1.54, 1.807) is 31.7 Å². The van der Waals surface area contributed by atoms with Crippen LogP contribution in [0.25, 0.3) is 6.08 Å². The summed E-state index contributed by atoms with van der Waals surface area (Å²) in [5, 5.41) is 0. The smallest absolute Gasteiger partial charge is 0.444 e. The highest BCUT2D eigenvalue weighted by Gasteiger charge is 2.35. The van der Waals surface area contributed by atoms with Gasteiger partial charge >= 0.3 is 12.3 Å². The molecule has 1 aliphatic rings. The lowest BCUT2D eigenvalue weighted by molar-refractivity contribution is -0.145. The second-order valence-corrected chi connectivity index (χ2v) is 7.53. The van der Waals surface area contributed by atoms with E-state index in [9.17, 15) is 18.0 Å². The number of carbonyl (C=O) groups is 1. The van der Waals surface area contributed by atoms with E-state index >= 15 is 0 Å². The topological polar surface area (TPSA) is 55.3 Å². The fourth-order valence-corrected chi connectivity index (χ4v) is 2.72. The first-order valence-electron chi connectivity index (χ1n) is 8.54. The molecular formula is C18H24F3N3O2. The Morgan fingerprint density at radius 1 is 1.35 bits per heavy atom. The van der Waals surface area contributed by atoms with Crippen molar-refractivity contribution in [3.8, 4) is 0 Å². The molecule has 0 radical (unpaired) electrons. The maximum absolute atomic E-state index is 12.7. The van der Waals surface area contributed by atoms with E-state index in [0.29, 0.717) is 18.9 Å². The molecule has 1 aliphatic heterocycles. The van der Waals surface area contributed by atoms with Crippen molar-refractivity contribution in [3.63, 3.8) is 0 Å². The molecule has 0 bridgehead atoms. The van der Waals surface area contributed by atoms with Crippen LogP contribution in [0.4, 0.5) is 18.0 Å². The summed E-state index contributed by atoms with van der Waals surface area (Å²) in [4.78, 5) is 20.8. The fraction of sp³-hybridized carbons (Fsp3) is 0.611. The normalized spacial score (nSPS) is 21.9. The van der Waals surface area contributed by atoms with Crippen LogP contribution >= 0.6 is 0 Å². The zero-order valence-electron chi connectivity index (χ0n) is 15.4. The van der Waals surface area contributed by atoms with Gasteiger partial charge in [-0.3, -0.25) is 0 Å². The molecule has 2 atom stereocenters. The van der Waals surface area contributed by atoms with Crippen LogP contribution in [0.1, 0.15) is 52.1 Å². The van der Waals surface area contributed by atoms with Crippen LogP contribution in [0.15, 0.2) is 18.3 Å². The maximum atomic E-state index is 12.7. The molecule has 0 spiro atoms. The number of aromatic nitrogens is 2. The molecular weight excluding hydrogens is 347 g/mol. The SMILES string of the molecule is C[C@H]1CCN(C(=O)OC(C)(C)C)C(/C=C/c2ccnc(C(F)(F)F)n2)C1. The molecule has 2 heterocycles. The molecule has 1 aromatic rings. The van der Waals surface area contributed by atoms with E-state index in [1.807, 2.05) is 0 Å². The Labute approximate surface area is 151 Å². The first-order chi connectivity index (χ1) is 12.0. The van der Waals surface area contributed by atoms with Gasteiger partial charge in [-0.1, -0.05) is 13.0 Å². The van der Waals surface area contributed by atoms with Crippen LogP contribution in [-0.2, 0) is 10.9 Å². The molecule has 1 unspecified atom stereocenters. The van der Waals surface area contributed by atoms with Crippen LogP contribution in [0, 0.1) is 5.92 Å². The highest BCUT2D eigenvalue weighted by atomic mass is 19.4. The molecule has 2 rings (SSSR count). The van der Waals surface area contributed by atoms with Crippen molar-refractivity contribution in [1.29, 1.82) is 0 Å². The number of likely N-dealkylation sites (tertiary alicyclic amines) is 1. The number of alkyl halides is 3. The molecule has 1 amide bonds. The van der Waals surface area contributed by atoms with E-state index in [1.165, 1.54) is 12.1 Å². The molecule has 26 heavy (non-hydrogen) atoms. The zero-order chi connectivity index (χ0) is 19.5. The van der Waals surface area contributed by atoms with E-state index in [4.69, 9.17) is 4.74 Å². The summed E-state index contributed by atoms with van der Waals surface area (Å²) >= 11 is 0. The van der Waals surface area contributed by atoms with Gasteiger partial charge in [0.2, 0.25) is 5.82 Å². The predicted molar refractivity (Wildman–Crippen MR) is 91.2 cm³/mol. The largest absolute Gasteiger partial charge is 0.451 e. The molecule has 144 valence electrons. The molecule has 1 saturated heterocycles. The number of piperidine rings is 1. The Bertz CT molecular complexity index is 668. The van der Waals surface area contributed by atoms with Crippen molar-refractivity contribution in [2.24, 2.45) is 5.92 Å². The minimum atomic E-state index is -4.59. The number of nitrogens with zero attached hydrogens (tertiary/aromatic N) is 3. The minimum absolute atomic E-state index is 0.148. The summed E-state index contributed by atoms with van der Waals surface area (Å²) in [7, 11) is 0. The quantitative estimate of drug-likeness (QED) is 0.766. The highest BCUT2D eigenvalue weighted by Crippen LogP contribution is 2.27. The Kier molecular flexibility index (Phi) is 5.93. The molecule has 8 heteroatoms. The van der Waals surface area contributed by atoms with Crippen LogP contribution in [0.3, 0.4) is 0 Å². The summed E-state index contributed by atoms with van der Waals surface area (Å²) in [6.45, 7) is 8.01. The molecule has 1 aromatic heterocycles. The van der Waals surface area contributed by atoms with Gasteiger partial charge in [-0.05, 0) is 51.7 Å². The van der Waals surface area contributed by atoms with Crippen LogP contribution in [-0.4, -0.2) is 39.1 Å². The van der Waals surface area contributed by atoms with Gasteiger partial charge in [-0.25, -0.2) is 14.8 Å². The number of ether oxygens (including phenoxy) is 1. The van der Waals surface area contributed by atoms with Gasteiger partial charge in [0.15, 0.2) is 0 Å². The van der Waals surface area contributed by atoms with Gasteiger partial charge in [0.1, 0.15) is 5.60 Å². The summed E-state index contributed by atoms with van der Waals surface area (Å²) in [5.41, 5.74) is -0.461. The number of rotatable bonds is 2. The number of hydrogen-bond acceptors (Lipinski definition) is 4. The monoisotopic (exact) mass is 371 g/mol. The Balaban J connectivity index is 2.18. The molecule has 1 fully saturated rings. The number of amides is 1. The average Bonchev–Trinajstić information content (AvgIpc) is 2.50. The third kappa shape index (κ3) is 5.71. The standard InChI is InChI=1S/C18H24F3N3O2/c1-12-8-10-24(16(25)26-17(2,3)4)14(11-12)6-5-13-7-9-22-15(23-13)18(19,20)21/h5-7,9,12,14H,8,10-11H2,1-4H3/b6-5+/t12-,14?/m0/s1. The highest BCUT2D eigenvalue weighted by molar-refractivity contribution is 5.69. The first kappa shape index (κ1) is 20.2. The van der Waals surface area contributed by atoms with Crippen molar-refractivity contribution < 1.29 is 22.7 Å². The molecule has 0 aliphatic carbocycles. The third-order valence-corrected chi connectivity index (χ3v) is 3.95. The van der Waals surface area contributed by atoms with E-state index in [-0.39, 0.29) is 11.7 Å². The summed E-state index contributed by atoms with van der Waals surface area (Å²) < 4.78 is 43.6. The number of halogens is 3. The van der Waals surface area contributed by atoms with Crippen LogP contribution < -0.4 is 0 Å². The van der Waals surface area contributed by atoms with Crippen molar-refractivity contribution in [3.05, 3.63) is 29.9 Å². The molecule has 5 nitrogen and oxygen atoms in total. The van der Waals surface area contributed by atoms with Gasteiger partial charge in [-0.2, -0.15) is 13.2 Å². The van der Waals surface area contributed by atoms with E-state index in [0.717, 1.165) is 12.6 Å². The van der Waals surface area contributed by atoms with Crippen molar-refractivity contribution in [2.75, 3.05) is 6.54 Å². The predicted octanol–water partition coefficient (Wildman–Crippen LogP) is 4.54. The molecule has 0 N–H and O–H groups in total. The van der Waals surface area contributed by atoms with Crippen LogP contribution in [0.2, 0.25) is 0 Å². The van der Waals surface area contributed by atoms with E-state index in [2.05, 4.69) is 16.9 Å². The Morgan fingerprint density at radius 2 is 2.04 bits per heavy atom. The lowest BCUT2D eigenvalue weighted by atomic mass is 9.92. The average molecular weight is 371 g/mol. The van der Waals surface area contributed by atoms with Crippen molar-refractivity contribution >= 4 is 12.2 Å². The van der Waals surface area contributed by atoms with Gasteiger partial charge < -0.3 is 9.64 Å². The number of carbonyl (C=O) groups excluding carboxylic acids is 1. The maximum Gasteiger partial charge on any atom is 0.451 e. The zero-order valence-corrected chi connectivity index (χ0v) is 15.4. The van der Waals surface area contributed by atoms with Gasteiger partial charge in [0.25, 0.3) is 0 Å². The second kappa shape index (κ2) is 7.63. The van der Waals surface area contributed by atoms with Gasteiger partial charge in [-0.15, -0.1) is 0 Å². The Hall–Kier alpha value is -2.12. The molecule has 0 aromatic carbocycles. The third-order valence-electron chi connectivity index (χ3n) is 3.95. The van der Waals surface area contributed by atoms with Crippen LogP contribution in [0.5, 0.6) is 0 Å². The summed E-state index contributed by atoms with van der Waals surface area (Å²) in [5.74, 6) is -0.778. The van der Waals surface area contributed by atoms with E-state index < -0.39 is 23.7 Å². The second-order valence-electron chi connectivity index (χ2n) is 7.53. The van der Waals surface area contributed by atoms with Gasteiger partial charge in [0.05, 0.1) is 11.7 Å². The van der Waals surface area contributed by atoms with Crippen molar-refractivity contribution in [1.82, 2.24) is 14.9 Å². The lowest BCUT2D eigenvalue weighted by Crippen LogP contribution is -2.46. The summed E-state index contributed by atoms with van der Waals surface area (Å²) in [6.07, 6.45) is 0.843. The molecule has 0 saturated carbocycles.